The summed E-state index contributed by atoms with van der Waals surface area (Å²) in [6, 6.07) is 20.3. The molecule has 1 atom stereocenters. The van der Waals surface area contributed by atoms with E-state index in [0.29, 0.717) is 26.0 Å². The van der Waals surface area contributed by atoms with Gasteiger partial charge in [-0.1, -0.05) is 73.7 Å². The molecule has 0 spiro atoms. The van der Waals surface area contributed by atoms with Crippen LogP contribution >= 0.6 is 0 Å². The number of hydrogen-bond donors (Lipinski definition) is 3. The van der Waals surface area contributed by atoms with Crippen molar-refractivity contribution in [1.29, 1.82) is 0 Å². The molecule has 0 saturated carbocycles. The zero-order chi connectivity index (χ0) is 33.7. The van der Waals surface area contributed by atoms with Gasteiger partial charge in [-0.15, -0.1) is 19.7 Å². The third-order valence-electron chi connectivity index (χ3n) is 6.48. The number of hydrogen-bond acceptors (Lipinski definition) is 7. The lowest BCUT2D eigenvalue weighted by Gasteiger charge is -2.42. The van der Waals surface area contributed by atoms with Gasteiger partial charge in [0.1, 0.15) is 19.0 Å². The Morgan fingerprint density at radius 1 is 1.02 bits per heavy atom. The molecule has 0 bridgehead atoms. The molecule has 2 aromatic carbocycles. The summed E-state index contributed by atoms with van der Waals surface area (Å²) in [5.41, 5.74) is 4.85. The van der Waals surface area contributed by atoms with Gasteiger partial charge in [0.05, 0.1) is 13.1 Å². The summed E-state index contributed by atoms with van der Waals surface area (Å²) >= 11 is 0. The van der Waals surface area contributed by atoms with E-state index < -0.39 is 0 Å². The highest BCUT2D eigenvalue weighted by atomic mass is 16.2. The minimum atomic E-state index is -0.297. The summed E-state index contributed by atoms with van der Waals surface area (Å²) in [4.78, 5) is 48.6. The summed E-state index contributed by atoms with van der Waals surface area (Å²) in [7, 11) is 1.61. The van der Waals surface area contributed by atoms with E-state index in [1.165, 1.54) is 23.9 Å². The molecule has 0 aliphatic carbocycles. The average Bonchev–Trinajstić information content (AvgIpc) is 3.06. The molecule has 2 aromatic rings. The van der Waals surface area contributed by atoms with Crippen LogP contribution in [0.4, 0.5) is 0 Å². The van der Waals surface area contributed by atoms with E-state index >= 15 is 0 Å². The number of unbranched alkanes of at least 4 members (excludes halogenated alkanes) is 1. The Bertz CT molecular complexity index is 1070. The van der Waals surface area contributed by atoms with Crippen molar-refractivity contribution in [1.82, 2.24) is 30.9 Å². The van der Waals surface area contributed by atoms with Crippen LogP contribution in [0.3, 0.4) is 0 Å². The van der Waals surface area contributed by atoms with Gasteiger partial charge in [-0.25, -0.2) is 5.01 Å². The van der Waals surface area contributed by atoms with Crippen LogP contribution in [0, 0.1) is 0 Å². The van der Waals surface area contributed by atoms with Crippen molar-refractivity contribution in [3.05, 3.63) is 97.6 Å². The molecule has 0 radical (unpaired) electrons. The number of amides is 3. The standard InChI is InChI=1S/C25H33N5O3.C6H13N.C2H4O.C2H4/c1-28(27-20-31)18-25(33)30-19-24(32)29(15-9-8-12-21-10-4-2-5-11-21)17-23(30)26-16-22-13-6-3-7-14-22;1-3-5-7-6-4-2;1-2-3;1-2/h2-7,10-11,13-14,20,23,26H,8-9,12,15-19H2,1H3,(H,27,31);3,7H,1,4-6H2,2H3;2H,1H3;1-2H2. The molecule has 1 heterocycles. The minimum absolute atomic E-state index is 0.00733. The Morgan fingerprint density at radius 3 is 2.18 bits per heavy atom. The molecule has 3 amide bonds. The van der Waals surface area contributed by atoms with Gasteiger partial charge in [-0.3, -0.25) is 25.1 Å². The fourth-order valence-electron chi connectivity index (χ4n) is 4.34. The van der Waals surface area contributed by atoms with Crippen LogP contribution in [0.1, 0.15) is 44.2 Å². The number of nitrogens with zero attached hydrogens (tertiary/aromatic N) is 3. The van der Waals surface area contributed by atoms with Gasteiger partial charge in [0.2, 0.25) is 18.2 Å². The number of aldehydes is 1. The van der Waals surface area contributed by atoms with E-state index in [0.717, 1.165) is 44.2 Å². The Morgan fingerprint density at radius 2 is 1.62 bits per heavy atom. The van der Waals surface area contributed by atoms with Gasteiger partial charge in [0, 0.05) is 26.7 Å². The highest BCUT2D eigenvalue weighted by molar-refractivity contribution is 5.87. The third kappa shape index (κ3) is 19.0. The lowest BCUT2D eigenvalue weighted by Crippen LogP contribution is -2.64. The maximum absolute atomic E-state index is 12.9. The monoisotopic (exact) mass is 622 g/mol. The van der Waals surface area contributed by atoms with Crippen molar-refractivity contribution in [2.24, 2.45) is 0 Å². The Labute approximate surface area is 270 Å². The Balaban J connectivity index is 0.00000138. The summed E-state index contributed by atoms with van der Waals surface area (Å²) in [6.07, 6.45) is 6.95. The second-order valence-corrected chi connectivity index (χ2v) is 10.0. The topological polar surface area (TPSA) is 114 Å². The van der Waals surface area contributed by atoms with E-state index in [1.54, 1.807) is 11.9 Å². The lowest BCUT2D eigenvalue weighted by molar-refractivity contribution is -0.151. The third-order valence-corrected chi connectivity index (χ3v) is 6.48. The lowest BCUT2D eigenvalue weighted by atomic mass is 10.1. The molecule has 3 N–H and O–H groups in total. The van der Waals surface area contributed by atoms with Crippen molar-refractivity contribution in [3.63, 3.8) is 0 Å². The second kappa shape index (κ2) is 27.4. The molecule has 1 saturated heterocycles. The molecule has 0 aromatic heterocycles. The molecule has 45 heavy (non-hydrogen) atoms. The number of hydrazine groups is 1. The van der Waals surface area contributed by atoms with Gasteiger partial charge in [-0.05, 0) is 50.3 Å². The Kier molecular flexibility index (Phi) is 24.9. The first-order chi connectivity index (χ1) is 21.9. The first-order valence-corrected chi connectivity index (χ1v) is 15.4. The summed E-state index contributed by atoms with van der Waals surface area (Å²) in [6.45, 7) is 16.9. The van der Waals surface area contributed by atoms with E-state index in [9.17, 15) is 14.4 Å². The highest BCUT2D eigenvalue weighted by Crippen LogP contribution is 2.13. The zero-order valence-electron chi connectivity index (χ0n) is 27.5. The van der Waals surface area contributed by atoms with E-state index in [4.69, 9.17) is 4.79 Å². The molecule has 1 aliphatic rings. The summed E-state index contributed by atoms with van der Waals surface area (Å²) in [5.74, 6) is -0.263. The van der Waals surface area contributed by atoms with Gasteiger partial charge >= 0.3 is 0 Å². The molecule has 248 valence electrons. The van der Waals surface area contributed by atoms with E-state index in [1.807, 2.05) is 59.5 Å². The van der Waals surface area contributed by atoms with Crippen molar-refractivity contribution in [2.75, 3.05) is 46.3 Å². The number of nitrogens with one attached hydrogen (secondary N) is 3. The van der Waals surface area contributed by atoms with E-state index in [2.05, 4.69) is 54.9 Å². The molecule has 3 rings (SSSR count). The normalized spacial score (nSPS) is 13.6. The van der Waals surface area contributed by atoms with Crippen LogP contribution in [-0.2, 0) is 32.1 Å². The SMILES string of the molecule is C=C.C=CCNCCC.CC=O.CN(CC(=O)N1CC(=O)N(CCCCc2ccccc2)CC1NCc1ccccc1)NC=O. The molecule has 1 aliphatic heterocycles. The predicted molar refractivity (Wildman–Crippen MR) is 183 cm³/mol. The summed E-state index contributed by atoms with van der Waals surface area (Å²) < 4.78 is 0. The molecule has 10 heteroatoms. The van der Waals surface area contributed by atoms with Crippen molar-refractivity contribution in [2.45, 2.75) is 52.2 Å². The average molecular weight is 623 g/mol. The maximum Gasteiger partial charge on any atom is 0.242 e. The molecule has 1 fully saturated rings. The van der Waals surface area contributed by atoms with Gasteiger partial charge in [0.15, 0.2) is 0 Å². The fourth-order valence-corrected chi connectivity index (χ4v) is 4.34. The molecule has 10 nitrogen and oxygen atoms in total. The number of carbonyl (C=O) groups excluding carboxylic acids is 4. The first kappa shape index (κ1) is 40.9. The number of aryl methyl sites for hydroxylation is 1. The van der Waals surface area contributed by atoms with Crippen LogP contribution < -0.4 is 16.1 Å². The van der Waals surface area contributed by atoms with Crippen LogP contribution in [0.15, 0.2) is 86.5 Å². The number of carbonyl (C=O) groups is 4. The van der Waals surface area contributed by atoms with Crippen molar-refractivity contribution < 1.29 is 19.2 Å². The van der Waals surface area contributed by atoms with Gasteiger partial charge in [0.25, 0.3) is 0 Å². The number of piperazine rings is 1. The van der Waals surface area contributed by atoms with Crippen LogP contribution in [0.5, 0.6) is 0 Å². The van der Waals surface area contributed by atoms with Gasteiger partial charge in [-0.2, -0.15) is 0 Å². The first-order valence-electron chi connectivity index (χ1n) is 15.4. The van der Waals surface area contributed by atoms with E-state index in [-0.39, 0.29) is 31.1 Å². The van der Waals surface area contributed by atoms with Gasteiger partial charge < -0.3 is 19.9 Å². The quantitative estimate of drug-likeness (QED) is 0.114. The van der Waals surface area contributed by atoms with Crippen LogP contribution in [0.25, 0.3) is 0 Å². The van der Waals surface area contributed by atoms with Crippen LogP contribution in [0.2, 0.25) is 0 Å². The van der Waals surface area contributed by atoms with Crippen molar-refractivity contribution in [3.8, 4) is 0 Å². The zero-order valence-corrected chi connectivity index (χ0v) is 27.5. The number of rotatable bonds is 16. The smallest absolute Gasteiger partial charge is 0.242 e. The maximum atomic E-state index is 12.9. The molecular weight excluding hydrogens is 568 g/mol. The predicted octanol–water partition coefficient (Wildman–Crippen LogP) is 3.57. The second-order valence-electron chi connectivity index (χ2n) is 10.0. The largest absolute Gasteiger partial charge is 0.338 e. The minimum Gasteiger partial charge on any atom is -0.338 e. The molecular formula is C35H54N6O4. The number of likely N-dealkylation sites (N-methyl/N-ethyl adjacent to an activating group) is 1. The highest BCUT2D eigenvalue weighted by Gasteiger charge is 2.34. The van der Waals surface area contributed by atoms with Crippen molar-refractivity contribution >= 4 is 24.5 Å². The van der Waals surface area contributed by atoms with Crippen LogP contribution in [-0.4, -0.2) is 91.8 Å². The Hall–Kier alpha value is -4.12. The fraction of sp³-hybridized carbons (Fsp3) is 0.429. The number of benzene rings is 2. The molecule has 1 unspecified atom stereocenters. The summed E-state index contributed by atoms with van der Waals surface area (Å²) in [5, 5.41) is 8.02.